The number of hydrogen-bond acceptors (Lipinski definition) is 2. The summed E-state index contributed by atoms with van der Waals surface area (Å²) in [6, 6.07) is 11.0. The van der Waals surface area contributed by atoms with Crippen molar-refractivity contribution >= 4 is 0 Å². The molecule has 0 bridgehead atoms. The minimum Gasteiger partial charge on any atom is -0.271 e. The van der Waals surface area contributed by atoms with E-state index in [0.717, 1.165) is 6.42 Å². The van der Waals surface area contributed by atoms with Crippen LogP contribution in [0.2, 0.25) is 0 Å². The van der Waals surface area contributed by atoms with Crippen molar-refractivity contribution in [3.8, 4) is 0 Å². The summed E-state index contributed by atoms with van der Waals surface area (Å²) < 4.78 is 0. The second-order valence-corrected chi connectivity index (χ2v) is 4.40. The lowest BCUT2D eigenvalue weighted by atomic mass is 10.0. The second-order valence-electron chi connectivity index (χ2n) is 4.40. The van der Waals surface area contributed by atoms with Gasteiger partial charge in [-0.25, -0.2) is 0 Å². The van der Waals surface area contributed by atoms with Gasteiger partial charge in [0.25, 0.3) is 0 Å². The second kappa shape index (κ2) is 8.31. The third-order valence-electron chi connectivity index (χ3n) is 2.97. The van der Waals surface area contributed by atoms with Crippen molar-refractivity contribution in [3.63, 3.8) is 0 Å². The Morgan fingerprint density at radius 1 is 1.12 bits per heavy atom. The van der Waals surface area contributed by atoms with Gasteiger partial charge in [-0.1, -0.05) is 62.9 Å². The minimum atomic E-state index is 0.416. The molecule has 1 unspecified atom stereocenters. The first-order valence-electron chi connectivity index (χ1n) is 6.37. The van der Waals surface area contributed by atoms with E-state index in [1.165, 1.54) is 37.7 Å². The third kappa shape index (κ3) is 5.29. The van der Waals surface area contributed by atoms with E-state index < -0.39 is 0 Å². The molecule has 0 aromatic heterocycles. The monoisotopic (exact) mass is 220 g/mol. The van der Waals surface area contributed by atoms with E-state index in [4.69, 9.17) is 5.84 Å². The molecule has 3 N–H and O–H groups in total. The van der Waals surface area contributed by atoms with Gasteiger partial charge in [-0.2, -0.15) is 0 Å². The number of rotatable bonds is 8. The number of unbranched alkanes of at least 4 members (excludes halogenated alkanes) is 3. The molecule has 0 aliphatic rings. The molecule has 0 spiro atoms. The van der Waals surface area contributed by atoms with Crippen molar-refractivity contribution in [1.82, 2.24) is 5.43 Å². The number of nitrogens with one attached hydrogen (secondary N) is 1. The molecular weight excluding hydrogens is 196 g/mol. The van der Waals surface area contributed by atoms with Gasteiger partial charge in [0, 0.05) is 6.04 Å². The number of hydrogen-bond donors (Lipinski definition) is 2. The molecular formula is C14H24N2. The fraction of sp³-hybridized carbons (Fsp3) is 0.571. The van der Waals surface area contributed by atoms with Crippen LogP contribution in [0.4, 0.5) is 0 Å². The van der Waals surface area contributed by atoms with Crippen LogP contribution in [0.15, 0.2) is 30.3 Å². The highest BCUT2D eigenvalue weighted by Crippen LogP contribution is 2.10. The lowest BCUT2D eigenvalue weighted by molar-refractivity contribution is 0.463. The van der Waals surface area contributed by atoms with Gasteiger partial charge in [0.1, 0.15) is 0 Å². The molecule has 0 radical (unpaired) electrons. The van der Waals surface area contributed by atoms with E-state index in [1.807, 2.05) is 0 Å². The summed E-state index contributed by atoms with van der Waals surface area (Å²) in [6.45, 7) is 2.24. The molecule has 0 amide bonds. The van der Waals surface area contributed by atoms with Gasteiger partial charge in [-0.05, 0) is 18.4 Å². The van der Waals surface area contributed by atoms with Crippen LogP contribution in [0.25, 0.3) is 0 Å². The first kappa shape index (κ1) is 13.2. The van der Waals surface area contributed by atoms with Crippen LogP contribution in [0, 0.1) is 0 Å². The molecule has 1 aromatic rings. The van der Waals surface area contributed by atoms with E-state index in [-0.39, 0.29) is 0 Å². The van der Waals surface area contributed by atoms with Crippen molar-refractivity contribution in [2.24, 2.45) is 5.84 Å². The van der Waals surface area contributed by atoms with Crippen molar-refractivity contribution < 1.29 is 0 Å². The summed E-state index contributed by atoms with van der Waals surface area (Å²) >= 11 is 0. The molecule has 1 aromatic carbocycles. The Morgan fingerprint density at radius 2 is 1.88 bits per heavy atom. The SMILES string of the molecule is CCCCCCC(Cc1ccccc1)NN. The summed E-state index contributed by atoms with van der Waals surface area (Å²) in [5.74, 6) is 5.59. The molecule has 2 nitrogen and oxygen atoms in total. The van der Waals surface area contributed by atoms with Crippen LogP contribution in [-0.2, 0) is 6.42 Å². The Balaban J connectivity index is 2.26. The molecule has 1 rings (SSSR count). The average Bonchev–Trinajstić information content (AvgIpc) is 2.34. The largest absolute Gasteiger partial charge is 0.271 e. The quantitative estimate of drug-likeness (QED) is 0.401. The smallest absolute Gasteiger partial charge is 0.0250 e. The van der Waals surface area contributed by atoms with Gasteiger partial charge in [-0.15, -0.1) is 0 Å². The van der Waals surface area contributed by atoms with Crippen molar-refractivity contribution in [1.29, 1.82) is 0 Å². The third-order valence-corrected chi connectivity index (χ3v) is 2.97. The Kier molecular flexibility index (Phi) is 6.86. The maximum atomic E-state index is 5.59. The normalized spacial score (nSPS) is 12.6. The van der Waals surface area contributed by atoms with Crippen LogP contribution in [0.3, 0.4) is 0 Å². The standard InChI is InChI=1S/C14H24N2/c1-2-3-4-8-11-14(16-15)12-13-9-6-5-7-10-13/h5-7,9-10,14,16H,2-4,8,11-12,15H2,1H3. The summed E-state index contributed by atoms with van der Waals surface area (Å²) in [5.41, 5.74) is 4.29. The summed E-state index contributed by atoms with van der Waals surface area (Å²) in [7, 11) is 0. The fourth-order valence-electron chi connectivity index (χ4n) is 1.96. The molecule has 1 atom stereocenters. The maximum Gasteiger partial charge on any atom is 0.0250 e. The Morgan fingerprint density at radius 3 is 2.50 bits per heavy atom. The lowest BCUT2D eigenvalue weighted by Crippen LogP contribution is -2.36. The molecule has 0 fully saturated rings. The van der Waals surface area contributed by atoms with Gasteiger partial charge in [0.15, 0.2) is 0 Å². The molecule has 90 valence electrons. The first-order chi connectivity index (χ1) is 7.86. The molecule has 0 aliphatic heterocycles. The van der Waals surface area contributed by atoms with E-state index in [0.29, 0.717) is 6.04 Å². The van der Waals surface area contributed by atoms with Crippen LogP contribution in [-0.4, -0.2) is 6.04 Å². The highest BCUT2D eigenvalue weighted by Gasteiger charge is 2.06. The molecule has 0 saturated carbocycles. The van der Waals surface area contributed by atoms with Gasteiger partial charge in [0.05, 0.1) is 0 Å². The van der Waals surface area contributed by atoms with Crippen LogP contribution < -0.4 is 11.3 Å². The molecule has 0 aliphatic carbocycles. The van der Waals surface area contributed by atoms with Crippen molar-refractivity contribution in [2.75, 3.05) is 0 Å². The summed E-state index contributed by atoms with van der Waals surface area (Å²) in [4.78, 5) is 0. The Bertz CT molecular complexity index is 259. The van der Waals surface area contributed by atoms with Crippen LogP contribution >= 0.6 is 0 Å². The lowest BCUT2D eigenvalue weighted by Gasteiger charge is -2.15. The van der Waals surface area contributed by atoms with Crippen LogP contribution in [0.1, 0.15) is 44.6 Å². The highest BCUT2D eigenvalue weighted by molar-refractivity contribution is 5.15. The zero-order valence-electron chi connectivity index (χ0n) is 10.3. The predicted octanol–water partition coefficient (Wildman–Crippen LogP) is 3.03. The van der Waals surface area contributed by atoms with E-state index in [2.05, 4.69) is 42.7 Å². The Labute approximate surface area is 99.2 Å². The van der Waals surface area contributed by atoms with E-state index >= 15 is 0 Å². The molecule has 0 saturated heterocycles. The van der Waals surface area contributed by atoms with Crippen molar-refractivity contribution in [3.05, 3.63) is 35.9 Å². The number of nitrogens with two attached hydrogens (primary N) is 1. The Hall–Kier alpha value is -0.860. The summed E-state index contributed by atoms with van der Waals surface area (Å²) in [6.07, 6.45) is 7.43. The topological polar surface area (TPSA) is 38.0 Å². The first-order valence-corrected chi connectivity index (χ1v) is 6.37. The number of hydrazine groups is 1. The van der Waals surface area contributed by atoms with E-state index in [1.54, 1.807) is 0 Å². The van der Waals surface area contributed by atoms with Crippen LogP contribution in [0.5, 0.6) is 0 Å². The van der Waals surface area contributed by atoms with Gasteiger partial charge in [-0.3, -0.25) is 11.3 Å². The average molecular weight is 220 g/mol. The fourth-order valence-corrected chi connectivity index (χ4v) is 1.96. The number of benzene rings is 1. The van der Waals surface area contributed by atoms with E-state index in [9.17, 15) is 0 Å². The van der Waals surface area contributed by atoms with Crippen molar-refractivity contribution in [2.45, 2.75) is 51.5 Å². The predicted molar refractivity (Wildman–Crippen MR) is 70.0 cm³/mol. The minimum absolute atomic E-state index is 0.416. The molecule has 2 heteroatoms. The van der Waals surface area contributed by atoms with Gasteiger partial charge >= 0.3 is 0 Å². The zero-order chi connectivity index (χ0) is 11.6. The summed E-state index contributed by atoms with van der Waals surface area (Å²) in [5, 5.41) is 0. The van der Waals surface area contributed by atoms with Gasteiger partial charge in [0.2, 0.25) is 0 Å². The zero-order valence-corrected chi connectivity index (χ0v) is 10.3. The molecule has 0 heterocycles. The van der Waals surface area contributed by atoms with Gasteiger partial charge < -0.3 is 0 Å². The highest BCUT2D eigenvalue weighted by atomic mass is 15.2. The molecule has 16 heavy (non-hydrogen) atoms. The maximum absolute atomic E-state index is 5.59.